The molecule has 1 fully saturated rings. The molecule has 1 aliphatic rings. The van der Waals surface area contributed by atoms with Crippen LogP contribution >= 0.6 is 0 Å². The minimum Gasteiger partial charge on any atom is -0.395 e. The zero-order chi connectivity index (χ0) is 17.6. The van der Waals surface area contributed by atoms with E-state index in [0.29, 0.717) is 6.54 Å². The molecule has 7 heteroatoms. The predicted octanol–water partition coefficient (Wildman–Crippen LogP) is -1.41. The van der Waals surface area contributed by atoms with Gasteiger partial charge in [-0.05, 0) is 46.1 Å². The molecule has 0 aromatic heterocycles. The average molecular weight is 347 g/mol. The van der Waals surface area contributed by atoms with Crippen molar-refractivity contribution in [3.63, 3.8) is 0 Å². The summed E-state index contributed by atoms with van der Waals surface area (Å²) in [5.74, 6) is 0. The van der Waals surface area contributed by atoms with Gasteiger partial charge in [-0.15, -0.1) is 0 Å². The molecule has 0 saturated carbocycles. The number of rotatable bonds is 6. The van der Waals surface area contributed by atoms with Gasteiger partial charge in [0.2, 0.25) is 0 Å². The van der Waals surface area contributed by atoms with Crippen LogP contribution in [0.15, 0.2) is 0 Å². The highest BCUT2D eigenvalue weighted by molar-refractivity contribution is 4.68. The van der Waals surface area contributed by atoms with Crippen LogP contribution < -0.4 is 0 Å². The molecule has 3 N–H and O–H groups in total. The number of hydrogen-bond acceptors (Lipinski definition) is 7. The van der Waals surface area contributed by atoms with Crippen molar-refractivity contribution < 1.29 is 15.3 Å². The van der Waals surface area contributed by atoms with Crippen LogP contribution in [0.25, 0.3) is 0 Å². The van der Waals surface area contributed by atoms with Crippen LogP contribution in [0.5, 0.6) is 0 Å². The summed E-state index contributed by atoms with van der Waals surface area (Å²) < 4.78 is 0. The van der Waals surface area contributed by atoms with Gasteiger partial charge in [-0.3, -0.25) is 14.7 Å². The van der Waals surface area contributed by atoms with Gasteiger partial charge in [-0.2, -0.15) is 0 Å². The lowest BCUT2D eigenvalue weighted by Crippen LogP contribution is -2.42. The quantitative estimate of drug-likeness (QED) is 0.546. The van der Waals surface area contributed by atoms with E-state index < -0.39 is 0 Å². The minimum atomic E-state index is 0.186. The van der Waals surface area contributed by atoms with Crippen molar-refractivity contribution >= 4 is 0 Å². The molecule has 0 unspecified atom stereocenters. The molecule has 24 heavy (non-hydrogen) atoms. The number of aliphatic hydroxyl groups excluding tert-OH is 3. The fraction of sp³-hybridized carbons (Fsp3) is 1.00. The van der Waals surface area contributed by atoms with Crippen molar-refractivity contribution in [1.82, 2.24) is 19.6 Å². The Bertz CT molecular complexity index is 297. The van der Waals surface area contributed by atoms with E-state index in [0.717, 1.165) is 78.3 Å². The molecule has 0 aromatic rings. The summed E-state index contributed by atoms with van der Waals surface area (Å²) in [7, 11) is 2.16. The summed E-state index contributed by atoms with van der Waals surface area (Å²) in [6.45, 7) is 10.6. The van der Waals surface area contributed by atoms with Crippen molar-refractivity contribution in [3.05, 3.63) is 0 Å². The van der Waals surface area contributed by atoms with Crippen molar-refractivity contribution in [3.8, 4) is 0 Å². The second kappa shape index (κ2) is 13.9. The Morgan fingerprint density at radius 1 is 0.542 bits per heavy atom. The van der Waals surface area contributed by atoms with Crippen LogP contribution in [0.2, 0.25) is 0 Å². The van der Waals surface area contributed by atoms with E-state index in [1.165, 1.54) is 0 Å². The first-order valence-corrected chi connectivity index (χ1v) is 9.37. The Balaban J connectivity index is 2.59. The van der Waals surface area contributed by atoms with Gasteiger partial charge in [0.15, 0.2) is 0 Å². The van der Waals surface area contributed by atoms with Crippen LogP contribution in [-0.2, 0) is 0 Å². The summed E-state index contributed by atoms with van der Waals surface area (Å²) in [5.41, 5.74) is 0. The summed E-state index contributed by atoms with van der Waals surface area (Å²) in [4.78, 5) is 9.31. The molecule has 1 rings (SSSR count). The molecular formula is C17H38N4O3. The summed E-state index contributed by atoms with van der Waals surface area (Å²) in [5, 5.41) is 27.8. The number of β-amino-alcohol motifs (C(OH)–C–C–N with tert-alkyl or cyclic N) is 3. The molecular weight excluding hydrogens is 308 g/mol. The standard InChI is InChI=1S/C17H38N4O3/c1-18-4-2-5-20(13-16-23)10-11-21(14-17-24)7-3-6-19(9-8-18)12-15-22/h22-24H,2-17H2,1H3. The van der Waals surface area contributed by atoms with Crippen molar-refractivity contribution in [1.29, 1.82) is 0 Å². The fourth-order valence-corrected chi connectivity index (χ4v) is 3.22. The molecule has 0 aromatic carbocycles. The third-order valence-electron chi connectivity index (χ3n) is 4.74. The maximum Gasteiger partial charge on any atom is 0.0558 e. The van der Waals surface area contributed by atoms with Crippen molar-refractivity contribution in [2.24, 2.45) is 0 Å². The molecule has 0 atom stereocenters. The zero-order valence-corrected chi connectivity index (χ0v) is 15.4. The second-order valence-corrected chi connectivity index (χ2v) is 6.71. The molecule has 0 aliphatic carbocycles. The van der Waals surface area contributed by atoms with E-state index in [1.807, 2.05) is 0 Å². The first-order valence-electron chi connectivity index (χ1n) is 9.37. The van der Waals surface area contributed by atoms with E-state index in [-0.39, 0.29) is 19.8 Å². The van der Waals surface area contributed by atoms with Crippen LogP contribution in [0.4, 0.5) is 0 Å². The largest absolute Gasteiger partial charge is 0.395 e. The molecule has 0 spiro atoms. The van der Waals surface area contributed by atoms with Gasteiger partial charge in [0.25, 0.3) is 0 Å². The van der Waals surface area contributed by atoms with Crippen LogP contribution in [0.3, 0.4) is 0 Å². The average Bonchev–Trinajstić information content (AvgIpc) is 2.56. The van der Waals surface area contributed by atoms with Crippen LogP contribution in [0, 0.1) is 0 Å². The Kier molecular flexibility index (Phi) is 12.6. The zero-order valence-electron chi connectivity index (χ0n) is 15.4. The SMILES string of the molecule is CN1CCCN(CCO)CCN(CCO)CCCN(CCO)CC1. The Morgan fingerprint density at radius 3 is 1.33 bits per heavy atom. The third kappa shape index (κ3) is 9.88. The van der Waals surface area contributed by atoms with Gasteiger partial charge >= 0.3 is 0 Å². The van der Waals surface area contributed by atoms with E-state index >= 15 is 0 Å². The number of likely N-dealkylation sites (N-methyl/N-ethyl adjacent to an activating group) is 1. The molecule has 1 heterocycles. The lowest BCUT2D eigenvalue weighted by Gasteiger charge is -2.30. The molecule has 144 valence electrons. The molecule has 0 amide bonds. The Labute approximate surface area is 147 Å². The van der Waals surface area contributed by atoms with Gasteiger partial charge in [-0.1, -0.05) is 0 Å². The van der Waals surface area contributed by atoms with E-state index in [1.54, 1.807) is 0 Å². The van der Waals surface area contributed by atoms with Gasteiger partial charge < -0.3 is 20.2 Å². The molecule has 0 radical (unpaired) electrons. The van der Waals surface area contributed by atoms with Crippen LogP contribution in [0.1, 0.15) is 12.8 Å². The predicted molar refractivity (Wildman–Crippen MR) is 97.3 cm³/mol. The van der Waals surface area contributed by atoms with Gasteiger partial charge in [0, 0.05) is 45.8 Å². The number of hydrogen-bond donors (Lipinski definition) is 3. The maximum atomic E-state index is 9.28. The van der Waals surface area contributed by atoms with Crippen molar-refractivity contribution in [2.75, 3.05) is 98.9 Å². The number of nitrogens with zero attached hydrogens (tertiary/aromatic N) is 4. The lowest BCUT2D eigenvalue weighted by atomic mass is 10.3. The number of aliphatic hydroxyl groups is 3. The summed E-state index contributed by atoms with van der Waals surface area (Å²) in [6, 6.07) is 0. The first kappa shape index (κ1) is 21.8. The van der Waals surface area contributed by atoms with Crippen LogP contribution in [-0.4, -0.2) is 134 Å². The summed E-state index contributed by atoms with van der Waals surface area (Å²) >= 11 is 0. The van der Waals surface area contributed by atoms with E-state index in [9.17, 15) is 15.3 Å². The van der Waals surface area contributed by atoms with Crippen molar-refractivity contribution in [2.45, 2.75) is 12.8 Å². The molecule has 7 nitrogen and oxygen atoms in total. The first-order chi connectivity index (χ1) is 11.7. The highest BCUT2D eigenvalue weighted by atomic mass is 16.3. The van der Waals surface area contributed by atoms with E-state index in [2.05, 4.69) is 26.6 Å². The van der Waals surface area contributed by atoms with Gasteiger partial charge in [0.1, 0.15) is 0 Å². The topological polar surface area (TPSA) is 73.7 Å². The molecule has 1 saturated heterocycles. The maximum absolute atomic E-state index is 9.28. The normalized spacial score (nSPS) is 22.5. The fourth-order valence-electron chi connectivity index (χ4n) is 3.22. The smallest absolute Gasteiger partial charge is 0.0558 e. The highest BCUT2D eigenvalue weighted by Crippen LogP contribution is 2.01. The summed E-state index contributed by atoms with van der Waals surface area (Å²) in [6.07, 6.45) is 2.14. The van der Waals surface area contributed by atoms with E-state index in [4.69, 9.17) is 0 Å². The minimum absolute atomic E-state index is 0.186. The van der Waals surface area contributed by atoms with Gasteiger partial charge in [-0.25, -0.2) is 0 Å². The molecule has 0 bridgehead atoms. The molecule has 1 aliphatic heterocycles. The monoisotopic (exact) mass is 346 g/mol. The lowest BCUT2D eigenvalue weighted by molar-refractivity contribution is 0.130. The van der Waals surface area contributed by atoms with Gasteiger partial charge in [0.05, 0.1) is 19.8 Å². The second-order valence-electron chi connectivity index (χ2n) is 6.71. The Morgan fingerprint density at radius 2 is 0.917 bits per heavy atom. The third-order valence-corrected chi connectivity index (χ3v) is 4.74. The highest BCUT2D eigenvalue weighted by Gasteiger charge is 2.12. The Hall–Kier alpha value is -0.280.